The number of anilines is 1. The summed E-state index contributed by atoms with van der Waals surface area (Å²) in [5.74, 6) is 1.55. The van der Waals surface area contributed by atoms with Crippen molar-refractivity contribution in [2.45, 2.75) is 80.7 Å². The van der Waals surface area contributed by atoms with Gasteiger partial charge in [0.2, 0.25) is 0 Å². The number of halogens is 1. The third kappa shape index (κ3) is 6.74. The van der Waals surface area contributed by atoms with Gasteiger partial charge in [0.1, 0.15) is 11.3 Å². The maximum absolute atomic E-state index is 13.4. The van der Waals surface area contributed by atoms with Crippen molar-refractivity contribution in [3.05, 3.63) is 64.7 Å². The zero-order valence-electron chi connectivity index (χ0n) is 24.6. The maximum Gasteiger partial charge on any atom is 0.250 e. The summed E-state index contributed by atoms with van der Waals surface area (Å²) in [7, 11) is 4.12. The van der Waals surface area contributed by atoms with Gasteiger partial charge in [0.05, 0.1) is 18.4 Å². The number of carbonyl (C=O) groups excluding carboxylic acids is 1. The lowest BCUT2D eigenvalue weighted by atomic mass is 9.75. The van der Waals surface area contributed by atoms with E-state index in [1.807, 2.05) is 37.4 Å². The first kappa shape index (κ1) is 30.3. The Morgan fingerprint density at radius 2 is 2.07 bits per heavy atom. The van der Waals surface area contributed by atoms with Gasteiger partial charge in [-0.2, -0.15) is 0 Å². The highest BCUT2D eigenvalue weighted by atomic mass is 35.5. The second-order valence-corrected chi connectivity index (χ2v) is 13.3. The molecule has 2 unspecified atom stereocenters. The van der Waals surface area contributed by atoms with Crippen LogP contribution in [0.3, 0.4) is 0 Å². The van der Waals surface area contributed by atoms with E-state index < -0.39 is 5.54 Å². The first-order chi connectivity index (χ1) is 19.8. The number of aryl methyl sites for hydroxylation is 1. The van der Waals surface area contributed by atoms with Gasteiger partial charge >= 0.3 is 0 Å². The molecule has 8 heteroatoms. The van der Waals surface area contributed by atoms with Gasteiger partial charge in [-0.1, -0.05) is 49.6 Å². The molecule has 2 aliphatic carbocycles. The molecule has 2 aromatic rings. The molecule has 0 radical (unpaired) electrons. The molecule has 0 spiro atoms. The number of fused-ring (bicyclic) bond motifs is 1. The molecule has 1 aliphatic heterocycles. The minimum atomic E-state index is -0.494. The van der Waals surface area contributed by atoms with E-state index in [1.54, 1.807) is 0 Å². The van der Waals surface area contributed by atoms with E-state index in [0.717, 1.165) is 72.8 Å². The Hall–Kier alpha value is -2.19. The summed E-state index contributed by atoms with van der Waals surface area (Å²) in [5, 5.41) is 11.1. The molecule has 5 rings (SSSR count). The van der Waals surface area contributed by atoms with E-state index >= 15 is 0 Å². The summed E-state index contributed by atoms with van der Waals surface area (Å²) in [6.07, 6.45) is 11.8. The van der Waals surface area contributed by atoms with Gasteiger partial charge in [0.25, 0.3) is 5.91 Å². The molecule has 1 amide bonds. The summed E-state index contributed by atoms with van der Waals surface area (Å²) < 4.78 is 9.47. The molecule has 2 saturated carbocycles. The van der Waals surface area contributed by atoms with Gasteiger partial charge in [0, 0.05) is 36.0 Å². The van der Waals surface area contributed by atoms with Crippen LogP contribution in [0.25, 0.3) is 0 Å². The molecule has 41 heavy (non-hydrogen) atoms. The topological polar surface area (TPSA) is 65.0 Å². The second-order valence-electron chi connectivity index (χ2n) is 12.0. The summed E-state index contributed by atoms with van der Waals surface area (Å²) >= 11 is 7.69. The number of carbonyl (C=O) groups is 1. The van der Waals surface area contributed by atoms with Gasteiger partial charge in [-0.25, -0.2) is 0 Å². The van der Waals surface area contributed by atoms with E-state index in [-0.39, 0.29) is 17.9 Å². The van der Waals surface area contributed by atoms with Crippen molar-refractivity contribution >= 4 is 35.1 Å². The van der Waals surface area contributed by atoms with Crippen molar-refractivity contribution in [3.63, 3.8) is 0 Å². The Bertz CT molecular complexity index is 1250. The lowest BCUT2D eigenvalue weighted by molar-refractivity contribution is -0.135. The molecule has 1 heterocycles. The molecule has 0 bridgehead atoms. The SMILES string of the molecule is CCCc1cc(Cl)ccc1C1COc2ccc(SNC(=O)C3(N(C)C/C=C/C(O)C4CCC4)CCC3)cc2N(C)C1. The average Bonchev–Trinajstić information content (AvgIpc) is 3.04. The normalized spacial score (nSPS) is 21.0. The fraction of sp³-hybridized carbons (Fsp3) is 0.545. The highest BCUT2D eigenvalue weighted by Gasteiger charge is 2.47. The van der Waals surface area contributed by atoms with Crippen LogP contribution < -0.4 is 14.4 Å². The summed E-state index contributed by atoms with van der Waals surface area (Å²) in [4.78, 5) is 18.8. The van der Waals surface area contributed by atoms with Crippen molar-refractivity contribution in [1.82, 2.24) is 9.62 Å². The standard InChI is InChI=1S/C33H44ClN3O3S/c1-4-8-24-19-26(34)12-14-28(24)25-21-36(2)29-20-27(13-15-31(29)40-22-25)41-35-32(39)33(16-7-17-33)37(3)18-6-11-30(38)23-9-5-10-23/h6,11-15,19-20,23,25,30,38H,4-5,7-10,16-18,21-22H2,1-3H3,(H,35,39)/b11-6+. The number of aliphatic hydroxyl groups is 1. The van der Waals surface area contributed by atoms with E-state index in [2.05, 4.69) is 46.7 Å². The molecule has 2 aromatic carbocycles. The Balaban J connectivity index is 1.20. The highest BCUT2D eigenvalue weighted by molar-refractivity contribution is 7.98. The number of rotatable bonds is 11. The summed E-state index contributed by atoms with van der Waals surface area (Å²) in [5.41, 5.74) is 3.14. The van der Waals surface area contributed by atoms with Crippen LogP contribution in [0.2, 0.25) is 5.02 Å². The molecular weight excluding hydrogens is 554 g/mol. The number of aliphatic hydroxyl groups excluding tert-OH is 1. The van der Waals surface area contributed by atoms with Crippen molar-refractivity contribution in [2.24, 2.45) is 5.92 Å². The maximum atomic E-state index is 13.4. The lowest BCUT2D eigenvalue weighted by Gasteiger charge is -2.46. The van der Waals surface area contributed by atoms with Gasteiger partial charge in [-0.3, -0.25) is 14.4 Å². The number of benzene rings is 2. The molecule has 0 aromatic heterocycles. The van der Waals surface area contributed by atoms with Crippen LogP contribution in [0.4, 0.5) is 5.69 Å². The highest BCUT2D eigenvalue weighted by Crippen LogP contribution is 2.40. The number of nitrogens with one attached hydrogen (secondary N) is 1. The predicted octanol–water partition coefficient (Wildman–Crippen LogP) is 6.60. The number of hydrogen-bond acceptors (Lipinski definition) is 6. The van der Waals surface area contributed by atoms with Gasteiger partial charge in [-0.05, 0) is 105 Å². The van der Waals surface area contributed by atoms with Crippen LogP contribution in [0.15, 0.2) is 53.4 Å². The lowest BCUT2D eigenvalue weighted by Crippen LogP contribution is -2.60. The first-order valence-electron chi connectivity index (χ1n) is 15.1. The van der Waals surface area contributed by atoms with Crippen LogP contribution in [0.5, 0.6) is 5.75 Å². The van der Waals surface area contributed by atoms with E-state index in [0.29, 0.717) is 19.1 Å². The third-order valence-corrected chi connectivity index (χ3v) is 10.3. The minimum Gasteiger partial charge on any atom is -0.491 e. The molecule has 6 nitrogen and oxygen atoms in total. The Kier molecular flexibility index (Phi) is 9.90. The smallest absolute Gasteiger partial charge is 0.250 e. The molecular formula is C33H44ClN3O3S. The van der Waals surface area contributed by atoms with Gasteiger partial charge in [0.15, 0.2) is 0 Å². The van der Waals surface area contributed by atoms with Crippen LogP contribution in [0, 0.1) is 5.92 Å². The predicted molar refractivity (Wildman–Crippen MR) is 169 cm³/mol. The molecule has 222 valence electrons. The Morgan fingerprint density at radius 1 is 1.27 bits per heavy atom. The van der Waals surface area contributed by atoms with Gasteiger partial charge in [-0.15, -0.1) is 0 Å². The fourth-order valence-corrected chi connectivity index (χ4v) is 7.17. The number of nitrogens with zero attached hydrogens (tertiary/aromatic N) is 2. The number of likely N-dealkylation sites (N-methyl/N-ethyl adjacent to an activating group) is 2. The van der Waals surface area contributed by atoms with Gasteiger partial charge < -0.3 is 14.7 Å². The van der Waals surface area contributed by atoms with Crippen molar-refractivity contribution in [2.75, 3.05) is 38.7 Å². The Morgan fingerprint density at radius 3 is 2.76 bits per heavy atom. The van der Waals surface area contributed by atoms with E-state index in [1.165, 1.54) is 29.5 Å². The summed E-state index contributed by atoms with van der Waals surface area (Å²) in [6, 6.07) is 12.4. The van der Waals surface area contributed by atoms with Crippen molar-refractivity contribution in [3.8, 4) is 5.75 Å². The molecule has 2 fully saturated rings. The number of amides is 1. The van der Waals surface area contributed by atoms with Crippen LogP contribution in [-0.2, 0) is 11.2 Å². The molecule has 2 N–H and O–H groups in total. The fourth-order valence-electron chi connectivity index (χ4n) is 6.27. The first-order valence-corrected chi connectivity index (χ1v) is 16.3. The Labute approximate surface area is 254 Å². The van der Waals surface area contributed by atoms with Crippen LogP contribution >= 0.6 is 23.5 Å². The zero-order chi connectivity index (χ0) is 29.0. The van der Waals surface area contributed by atoms with E-state index in [4.69, 9.17) is 16.3 Å². The monoisotopic (exact) mass is 597 g/mol. The average molecular weight is 598 g/mol. The second kappa shape index (κ2) is 13.4. The molecule has 0 saturated heterocycles. The quantitative estimate of drug-likeness (QED) is 0.225. The van der Waals surface area contributed by atoms with Crippen LogP contribution in [0.1, 0.15) is 68.9 Å². The molecule has 2 atom stereocenters. The zero-order valence-corrected chi connectivity index (χ0v) is 26.1. The molecule has 3 aliphatic rings. The van der Waals surface area contributed by atoms with Crippen LogP contribution in [-0.4, -0.2) is 61.3 Å². The summed E-state index contributed by atoms with van der Waals surface area (Å²) in [6.45, 7) is 4.29. The van der Waals surface area contributed by atoms with Crippen molar-refractivity contribution in [1.29, 1.82) is 0 Å². The number of hydrogen-bond donors (Lipinski definition) is 2. The largest absolute Gasteiger partial charge is 0.491 e. The number of ether oxygens (including phenoxy) is 1. The van der Waals surface area contributed by atoms with E-state index in [9.17, 15) is 9.90 Å². The minimum absolute atomic E-state index is 0.0509. The van der Waals surface area contributed by atoms with Crippen molar-refractivity contribution < 1.29 is 14.6 Å². The third-order valence-electron chi connectivity index (χ3n) is 9.28.